The van der Waals surface area contributed by atoms with Gasteiger partial charge in [-0.3, -0.25) is 9.59 Å². The first kappa shape index (κ1) is 17.9. The summed E-state index contributed by atoms with van der Waals surface area (Å²) in [6, 6.07) is 7.72. The summed E-state index contributed by atoms with van der Waals surface area (Å²) in [6.07, 6.45) is 2.86. The molecule has 2 aliphatic heterocycles. The van der Waals surface area contributed by atoms with Crippen LogP contribution in [0, 0.1) is 0 Å². The Kier molecular flexibility index (Phi) is 5.39. The molecular formula is C19H27N3O3. The zero-order valence-electron chi connectivity index (χ0n) is 15.0. The zero-order chi connectivity index (χ0) is 17.9. The van der Waals surface area contributed by atoms with Gasteiger partial charge in [0.05, 0.1) is 6.04 Å². The van der Waals surface area contributed by atoms with Gasteiger partial charge in [-0.05, 0) is 57.0 Å². The summed E-state index contributed by atoms with van der Waals surface area (Å²) in [5.74, 6) is 0.105. The number of hydrogen-bond acceptors (Lipinski definition) is 4. The molecule has 25 heavy (non-hydrogen) atoms. The summed E-state index contributed by atoms with van der Waals surface area (Å²) in [7, 11) is 1.61. The lowest BCUT2D eigenvalue weighted by Gasteiger charge is -2.35. The van der Waals surface area contributed by atoms with Crippen LogP contribution in [0.5, 0.6) is 0 Å². The van der Waals surface area contributed by atoms with Gasteiger partial charge in [-0.1, -0.05) is 12.1 Å². The van der Waals surface area contributed by atoms with E-state index in [1.165, 1.54) is 0 Å². The molecule has 0 aromatic heterocycles. The van der Waals surface area contributed by atoms with Crippen molar-refractivity contribution in [3.05, 3.63) is 29.8 Å². The van der Waals surface area contributed by atoms with Gasteiger partial charge in [0.2, 0.25) is 5.91 Å². The van der Waals surface area contributed by atoms with Crippen molar-refractivity contribution in [2.45, 2.75) is 44.2 Å². The molecule has 2 aliphatic rings. The Hall–Kier alpha value is -1.92. The highest BCUT2D eigenvalue weighted by Crippen LogP contribution is 2.27. The number of methoxy groups -OCH3 is 1. The van der Waals surface area contributed by atoms with Crippen molar-refractivity contribution in [2.75, 3.05) is 31.6 Å². The molecule has 0 spiro atoms. The third kappa shape index (κ3) is 3.70. The van der Waals surface area contributed by atoms with Crippen LogP contribution in [0.4, 0.5) is 5.69 Å². The van der Waals surface area contributed by atoms with Gasteiger partial charge in [-0.15, -0.1) is 0 Å². The van der Waals surface area contributed by atoms with Gasteiger partial charge in [-0.2, -0.15) is 0 Å². The Morgan fingerprint density at radius 2 is 2.12 bits per heavy atom. The van der Waals surface area contributed by atoms with Gasteiger partial charge < -0.3 is 20.3 Å². The Labute approximate surface area is 148 Å². The van der Waals surface area contributed by atoms with E-state index in [1.807, 2.05) is 36.1 Å². The molecule has 2 saturated heterocycles. The minimum absolute atomic E-state index is 0.0633. The molecule has 2 N–H and O–H groups in total. The highest BCUT2D eigenvalue weighted by Gasteiger charge is 2.40. The van der Waals surface area contributed by atoms with Crippen LogP contribution in [0.15, 0.2) is 24.3 Å². The number of carbonyl (C=O) groups is 2. The van der Waals surface area contributed by atoms with Gasteiger partial charge in [-0.25, -0.2) is 0 Å². The number of ether oxygens (including phenoxy) is 1. The van der Waals surface area contributed by atoms with E-state index in [4.69, 9.17) is 4.74 Å². The fourth-order valence-corrected chi connectivity index (χ4v) is 3.65. The van der Waals surface area contributed by atoms with E-state index >= 15 is 0 Å². The topological polar surface area (TPSA) is 70.7 Å². The third-order valence-corrected chi connectivity index (χ3v) is 5.32. The molecule has 2 fully saturated rings. The summed E-state index contributed by atoms with van der Waals surface area (Å²) in [6.45, 7) is 4.29. The van der Waals surface area contributed by atoms with Crippen LogP contribution in [0.3, 0.4) is 0 Å². The van der Waals surface area contributed by atoms with Crippen LogP contribution in [-0.4, -0.2) is 44.2 Å². The number of hydrogen-bond donors (Lipinski definition) is 2. The van der Waals surface area contributed by atoms with Crippen molar-refractivity contribution in [2.24, 2.45) is 0 Å². The molecule has 1 aromatic rings. The molecule has 136 valence electrons. The quantitative estimate of drug-likeness (QED) is 0.853. The van der Waals surface area contributed by atoms with Crippen molar-refractivity contribution >= 4 is 17.5 Å². The highest BCUT2D eigenvalue weighted by molar-refractivity contribution is 5.95. The van der Waals surface area contributed by atoms with Crippen molar-refractivity contribution in [1.82, 2.24) is 10.6 Å². The minimum Gasteiger partial charge on any atom is -0.368 e. The van der Waals surface area contributed by atoms with E-state index in [2.05, 4.69) is 10.6 Å². The first-order valence-corrected chi connectivity index (χ1v) is 9.03. The molecule has 0 bridgehead atoms. The molecule has 6 heteroatoms. The molecule has 0 radical (unpaired) electrons. The zero-order valence-corrected chi connectivity index (χ0v) is 15.0. The second kappa shape index (κ2) is 7.54. The van der Waals surface area contributed by atoms with Crippen molar-refractivity contribution in [1.29, 1.82) is 0 Å². The fourth-order valence-electron chi connectivity index (χ4n) is 3.65. The number of anilines is 1. The Morgan fingerprint density at radius 1 is 1.36 bits per heavy atom. The lowest BCUT2D eigenvalue weighted by atomic mass is 9.90. The molecule has 0 aliphatic carbocycles. The van der Waals surface area contributed by atoms with Crippen LogP contribution in [0.25, 0.3) is 0 Å². The van der Waals surface area contributed by atoms with Crippen LogP contribution in [-0.2, 0) is 14.3 Å². The molecule has 3 rings (SSSR count). The van der Waals surface area contributed by atoms with Crippen molar-refractivity contribution in [3.63, 3.8) is 0 Å². The fraction of sp³-hybridized carbons (Fsp3) is 0.579. The van der Waals surface area contributed by atoms with Crippen molar-refractivity contribution < 1.29 is 14.3 Å². The van der Waals surface area contributed by atoms with Gasteiger partial charge in [0.1, 0.15) is 5.60 Å². The second-order valence-corrected chi connectivity index (χ2v) is 6.89. The maximum atomic E-state index is 12.8. The number of amides is 2. The van der Waals surface area contributed by atoms with Gasteiger partial charge in [0, 0.05) is 25.8 Å². The van der Waals surface area contributed by atoms with Gasteiger partial charge in [0.25, 0.3) is 5.91 Å². The van der Waals surface area contributed by atoms with E-state index in [-0.39, 0.29) is 17.9 Å². The molecule has 2 heterocycles. The van der Waals surface area contributed by atoms with E-state index in [1.54, 1.807) is 7.11 Å². The van der Waals surface area contributed by atoms with E-state index in [0.717, 1.165) is 37.3 Å². The summed E-state index contributed by atoms with van der Waals surface area (Å²) >= 11 is 0. The Bertz CT molecular complexity index is 641. The minimum atomic E-state index is -0.748. The predicted molar refractivity (Wildman–Crippen MR) is 96.4 cm³/mol. The lowest BCUT2D eigenvalue weighted by molar-refractivity contribution is -0.147. The second-order valence-electron chi connectivity index (χ2n) is 6.89. The molecule has 2 amide bonds. The summed E-state index contributed by atoms with van der Waals surface area (Å²) in [5.41, 5.74) is 1.15. The molecule has 1 atom stereocenters. The Balaban J connectivity index is 1.71. The maximum Gasteiger partial charge on any atom is 0.252 e. The number of nitrogens with one attached hydrogen (secondary N) is 2. The summed E-state index contributed by atoms with van der Waals surface area (Å²) in [4.78, 5) is 26.6. The van der Waals surface area contributed by atoms with Crippen molar-refractivity contribution in [3.8, 4) is 0 Å². The van der Waals surface area contributed by atoms with Gasteiger partial charge in [0.15, 0.2) is 0 Å². The summed E-state index contributed by atoms with van der Waals surface area (Å²) < 4.78 is 5.59. The molecule has 1 aromatic carbocycles. The molecular weight excluding hydrogens is 318 g/mol. The normalized spacial score (nSPS) is 21.2. The third-order valence-electron chi connectivity index (χ3n) is 5.32. The lowest BCUT2D eigenvalue weighted by Crippen LogP contribution is -2.54. The highest BCUT2D eigenvalue weighted by atomic mass is 16.5. The predicted octanol–water partition coefficient (Wildman–Crippen LogP) is 1.76. The summed E-state index contributed by atoms with van der Waals surface area (Å²) in [5, 5.41) is 6.35. The molecule has 6 nitrogen and oxygen atoms in total. The van der Waals surface area contributed by atoms with Crippen LogP contribution >= 0.6 is 0 Å². The largest absolute Gasteiger partial charge is 0.368 e. The standard InChI is InChI=1S/C19H27N3O3/c1-14(21-18(24)19(25-2)8-10-20-11-9-19)15-5-3-6-16(13-15)22-12-4-7-17(22)23/h3,5-6,13-14,20H,4,7-12H2,1-2H3,(H,21,24). The van der Waals surface area contributed by atoms with Crippen LogP contribution in [0.1, 0.15) is 44.2 Å². The number of benzene rings is 1. The maximum absolute atomic E-state index is 12.8. The molecule has 0 saturated carbocycles. The van der Waals surface area contributed by atoms with Gasteiger partial charge >= 0.3 is 0 Å². The first-order chi connectivity index (χ1) is 12.1. The first-order valence-electron chi connectivity index (χ1n) is 9.03. The number of rotatable bonds is 5. The SMILES string of the molecule is COC1(C(=O)NC(C)c2cccc(N3CCCC3=O)c2)CCNCC1. The Morgan fingerprint density at radius 3 is 2.76 bits per heavy atom. The smallest absolute Gasteiger partial charge is 0.252 e. The number of piperidine rings is 1. The number of carbonyl (C=O) groups excluding carboxylic acids is 2. The van der Waals surface area contributed by atoms with E-state index in [9.17, 15) is 9.59 Å². The van der Waals surface area contributed by atoms with E-state index in [0.29, 0.717) is 19.3 Å². The average Bonchev–Trinajstić information content (AvgIpc) is 3.08. The molecule has 1 unspecified atom stereocenters. The monoisotopic (exact) mass is 345 g/mol. The van der Waals surface area contributed by atoms with Crippen LogP contribution < -0.4 is 15.5 Å². The number of nitrogens with zero attached hydrogens (tertiary/aromatic N) is 1. The van der Waals surface area contributed by atoms with Crippen LogP contribution in [0.2, 0.25) is 0 Å². The average molecular weight is 345 g/mol. The van der Waals surface area contributed by atoms with E-state index < -0.39 is 5.60 Å².